The van der Waals surface area contributed by atoms with Gasteiger partial charge in [0.2, 0.25) is 0 Å². The number of fused-ring (bicyclic) bond motifs is 1. The maximum absolute atomic E-state index is 12.6. The van der Waals surface area contributed by atoms with Crippen LogP contribution in [0.2, 0.25) is 10.0 Å². The quantitative estimate of drug-likeness (QED) is 0.409. The average molecular weight is 495 g/mol. The number of hydrogen-bond acceptors (Lipinski definition) is 6. The normalized spacial score (nSPS) is 14.1. The van der Waals surface area contributed by atoms with Gasteiger partial charge in [-0.1, -0.05) is 49.2 Å². The summed E-state index contributed by atoms with van der Waals surface area (Å²) >= 11 is 12.7. The van der Waals surface area contributed by atoms with Crippen LogP contribution in [0.15, 0.2) is 36.7 Å². The minimum atomic E-state index is -0.541. The predicted octanol–water partition coefficient (Wildman–Crippen LogP) is 5.62. The van der Waals surface area contributed by atoms with E-state index in [9.17, 15) is 10.1 Å². The summed E-state index contributed by atoms with van der Waals surface area (Å²) in [5, 5.41) is 16.4. The zero-order valence-corrected chi connectivity index (χ0v) is 20.4. The van der Waals surface area contributed by atoms with Gasteiger partial charge in [0.25, 0.3) is 5.91 Å². The minimum Gasteiger partial charge on any atom is -0.365 e. The largest absolute Gasteiger partial charge is 0.365 e. The first-order chi connectivity index (χ1) is 16.2. The molecule has 1 aromatic carbocycles. The molecule has 0 saturated carbocycles. The highest BCUT2D eigenvalue weighted by atomic mass is 35.5. The Balaban J connectivity index is 1.81. The lowest BCUT2D eigenvalue weighted by atomic mass is 9.73. The van der Waals surface area contributed by atoms with E-state index in [1.807, 2.05) is 12.1 Å². The number of carbonyl (C=O) groups is 1. The summed E-state index contributed by atoms with van der Waals surface area (Å²) < 4.78 is 0. The SMILES string of the molecule is CC1(C)CCc2c(Nc3c(Cl)cncc3Cl)nc(NCc3cccc(C#N)c3)c(C(N)=O)c2C1. The van der Waals surface area contributed by atoms with E-state index in [0.717, 1.165) is 29.5 Å². The number of primary amides is 1. The summed E-state index contributed by atoms with van der Waals surface area (Å²) in [6, 6.07) is 9.37. The molecule has 1 aliphatic rings. The molecule has 0 unspecified atom stereocenters. The van der Waals surface area contributed by atoms with Crippen LogP contribution in [0.25, 0.3) is 0 Å². The van der Waals surface area contributed by atoms with E-state index in [2.05, 4.69) is 35.5 Å². The van der Waals surface area contributed by atoms with E-state index >= 15 is 0 Å². The molecule has 0 fully saturated rings. The third-order valence-corrected chi connectivity index (χ3v) is 6.55. The van der Waals surface area contributed by atoms with Crippen molar-refractivity contribution in [2.45, 2.75) is 39.7 Å². The number of nitriles is 1. The van der Waals surface area contributed by atoms with Crippen LogP contribution in [0.4, 0.5) is 17.3 Å². The van der Waals surface area contributed by atoms with Crippen molar-refractivity contribution in [2.24, 2.45) is 11.1 Å². The summed E-state index contributed by atoms with van der Waals surface area (Å²) in [7, 11) is 0. The van der Waals surface area contributed by atoms with Crippen molar-refractivity contribution < 1.29 is 4.79 Å². The Morgan fingerprint density at radius 1 is 1.21 bits per heavy atom. The third-order valence-electron chi connectivity index (χ3n) is 5.98. The number of carbonyl (C=O) groups excluding carboxylic acids is 1. The Morgan fingerprint density at radius 2 is 1.94 bits per heavy atom. The van der Waals surface area contributed by atoms with Crippen molar-refractivity contribution in [3.8, 4) is 6.07 Å². The van der Waals surface area contributed by atoms with Crippen LogP contribution in [-0.4, -0.2) is 15.9 Å². The molecule has 0 atom stereocenters. The number of nitrogens with one attached hydrogen (secondary N) is 2. The number of amides is 1. The monoisotopic (exact) mass is 494 g/mol. The van der Waals surface area contributed by atoms with E-state index in [1.165, 1.54) is 12.4 Å². The summed E-state index contributed by atoms with van der Waals surface area (Å²) in [5.41, 5.74) is 9.97. The molecule has 1 amide bonds. The number of hydrogen-bond donors (Lipinski definition) is 3. The number of pyridine rings is 2. The molecule has 4 rings (SSSR count). The Hall–Kier alpha value is -3.34. The van der Waals surface area contributed by atoms with Crippen molar-refractivity contribution in [3.63, 3.8) is 0 Å². The molecule has 174 valence electrons. The van der Waals surface area contributed by atoms with Crippen molar-refractivity contribution in [3.05, 3.63) is 74.5 Å². The van der Waals surface area contributed by atoms with E-state index in [-0.39, 0.29) is 5.41 Å². The maximum Gasteiger partial charge on any atom is 0.252 e. The second kappa shape index (κ2) is 9.49. The molecule has 1 aliphatic carbocycles. The molecule has 0 saturated heterocycles. The van der Waals surface area contributed by atoms with Gasteiger partial charge in [0.1, 0.15) is 11.6 Å². The highest BCUT2D eigenvalue weighted by Crippen LogP contribution is 2.42. The van der Waals surface area contributed by atoms with E-state index < -0.39 is 5.91 Å². The molecular weight excluding hydrogens is 471 g/mol. The summed E-state index contributed by atoms with van der Waals surface area (Å²) in [6.45, 7) is 4.71. The van der Waals surface area contributed by atoms with Gasteiger partial charge in [-0.15, -0.1) is 0 Å². The van der Waals surface area contributed by atoms with E-state index in [0.29, 0.717) is 51.5 Å². The van der Waals surface area contributed by atoms with Gasteiger partial charge < -0.3 is 16.4 Å². The summed E-state index contributed by atoms with van der Waals surface area (Å²) in [6.07, 6.45) is 5.34. The fourth-order valence-electron chi connectivity index (χ4n) is 4.25. The molecule has 2 aromatic heterocycles. The van der Waals surface area contributed by atoms with Gasteiger partial charge in [-0.25, -0.2) is 4.98 Å². The Kier molecular flexibility index (Phi) is 6.65. The highest BCUT2D eigenvalue weighted by Gasteiger charge is 2.33. The summed E-state index contributed by atoms with van der Waals surface area (Å²) in [4.78, 5) is 21.4. The van der Waals surface area contributed by atoms with Crippen molar-refractivity contribution in [1.82, 2.24) is 9.97 Å². The first kappa shape index (κ1) is 23.8. The van der Waals surface area contributed by atoms with Crippen molar-refractivity contribution >= 4 is 46.4 Å². The van der Waals surface area contributed by atoms with Gasteiger partial charge in [-0.3, -0.25) is 9.78 Å². The molecule has 0 radical (unpaired) electrons. The molecular formula is C25H24Cl2N6O. The number of rotatable bonds is 6. The number of aromatic nitrogens is 2. The lowest BCUT2D eigenvalue weighted by Crippen LogP contribution is -2.28. The smallest absolute Gasteiger partial charge is 0.252 e. The average Bonchev–Trinajstić information content (AvgIpc) is 2.79. The molecule has 7 nitrogen and oxygen atoms in total. The second-order valence-electron chi connectivity index (χ2n) is 9.12. The van der Waals surface area contributed by atoms with Crippen LogP contribution in [0.5, 0.6) is 0 Å². The molecule has 3 aromatic rings. The van der Waals surface area contributed by atoms with Gasteiger partial charge in [-0.05, 0) is 53.5 Å². The first-order valence-electron chi connectivity index (χ1n) is 10.8. The van der Waals surface area contributed by atoms with Crippen LogP contribution < -0.4 is 16.4 Å². The van der Waals surface area contributed by atoms with Crippen LogP contribution in [-0.2, 0) is 19.4 Å². The van der Waals surface area contributed by atoms with Crippen LogP contribution in [0, 0.1) is 16.7 Å². The third kappa shape index (κ3) is 4.93. The van der Waals surface area contributed by atoms with Gasteiger partial charge in [-0.2, -0.15) is 5.26 Å². The van der Waals surface area contributed by atoms with Crippen molar-refractivity contribution in [2.75, 3.05) is 10.6 Å². The molecule has 0 aliphatic heterocycles. The Morgan fingerprint density at radius 3 is 2.62 bits per heavy atom. The molecule has 34 heavy (non-hydrogen) atoms. The molecule has 2 heterocycles. The minimum absolute atomic E-state index is 0.000176. The van der Waals surface area contributed by atoms with Crippen molar-refractivity contribution in [1.29, 1.82) is 5.26 Å². The lowest BCUT2D eigenvalue weighted by molar-refractivity contribution is 0.0999. The van der Waals surface area contributed by atoms with E-state index in [4.69, 9.17) is 33.9 Å². The number of nitrogens with two attached hydrogens (primary N) is 1. The second-order valence-corrected chi connectivity index (χ2v) is 9.93. The fourth-order valence-corrected chi connectivity index (χ4v) is 4.71. The van der Waals surface area contributed by atoms with Gasteiger partial charge in [0.15, 0.2) is 0 Å². The molecule has 0 bridgehead atoms. The summed E-state index contributed by atoms with van der Waals surface area (Å²) in [5.74, 6) is 0.398. The Labute approximate surface area is 208 Å². The standard InChI is InChI=1S/C25H24Cl2N6O/c1-25(2)7-6-16-17(9-25)20(22(29)34)24(31-11-15-5-3-4-14(8-15)10-28)33-23(16)32-21-18(26)12-30-13-19(21)27/h3-5,8,12-13H,6-7,9,11H2,1-2H3,(H2,29,34)(H2,30,31,32,33). The fraction of sp³-hybridized carbons (Fsp3) is 0.280. The Bertz CT molecular complexity index is 1300. The van der Waals surface area contributed by atoms with Gasteiger partial charge >= 0.3 is 0 Å². The number of nitrogens with zero attached hydrogens (tertiary/aromatic N) is 3. The number of benzene rings is 1. The van der Waals surface area contributed by atoms with E-state index in [1.54, 1.807) is 12.1 Å². The molecule has 9 heteroatoms. The van der Waals surface area contributed by atoms with Gasteiger partial charge in [0, 0.05) is 18.9 Å². The zero-order chi connectivity index (χ0) is 24.5. The first-order valence-corrected chi connectivity index (χ1v) is 11.6. The van der Waals surface area contributed by atoms with Crippen LogP contribution in [0.1, 0.15) is 52.9 Å². The van der Waals surface area contributed by atoms with Crippen LogP contribution >= 0.6 is 23.2 Å². The molecule has 4 N–H and O–H groups in total. The van der Waals surface area contributed by atoms with Gasteiger partial charge in [0.05, 0.1) is 32.9 Å². The lowest BCUT2D eigenvalue weighted by Gasteiger charge is -2.34. The highest BCUT2D eigenvalue weighted by molar-refractivity contribution is 6.39. The number of halogens is 2. The number of anilines is 3. The molecule has 0 spiro atoms. The topological polar surface area (TPSA) is 117 Å². The maximum atomic E-state index is 12.6. The van der Waals surface area contributed by atoms with Crippen LogP contribution in [0.3, 0.4) is 0 Å². The predicted molar refractivity (Wildman–Crippen MR) is 135 cm³/mol. The zero-order valence-electron chi connectivity index (χ0n) is 18.9.